The summed E-state index contributed by atoms with van der Waals surface area (Å²) in [5.41, 5.74) is 2.26. The van der Waals surface area contributed by atoms with Crippen molar-refractivity contribution in [1.82, 2.24) is 20.1 Å². The van der Waals surface area contributed by atoms with Gasteiger partial charge in [-0.05, 0) is 62.2 Å². The normalized spacial score (nSPS) is 26.8. The smallest absolute Gasteiger partial charge is 0.233 e. The van der Waals surface area contributed by atoms with E-state index in [1.54, 1.807) is 43.6 Å². The Bertz CT molecular complexity index is 1160. The number of benzene rings is 1. The number of hydrogen-bond donors (Lipinski definition) is 1. The molecule has 2 fully saturated rings. The van der Waals surface area contributed by atoms with Crippen molar-refractivity contribution < 1.29 is 19.0 Å². The number of phenols is 1. The van der Waals surface area contributed by atoms with Gasteiger partial charge in [-0.25, -0.2) is 9.37 Å². The Kier molecular flexibility index (Phi) is 5.40. The van der Waals surface area contributed by atoms with Crippen molar-refractivity contribution in [2.45, 2.75) is 50.0 Å². The third kappa shape index (κ3) is 3.78. The molecule has 2 aliphatic heterocycles. The third-order valence-corrected chi connectivity index (χ3v) is 7.23. The molecule has 0 spiro atoms. The Morgan fingerprint density at radius 2 is 1.91 bits per heavy atom. The second kappa shape index (κ2) is 8.26. The Balaban J connectivity index is 1.32. The number of hydrogen-bond acceptors (Lipinski definition) is 7. The summed E-state index contributed by atoms with van der Waals surface area (Å²) in [6.45, 7) is 1.97. The second-order valence-corrected chi connectivity index (χ2v) is 9.03. The largest absolute Gasteiger partial charge is 0.507 e. The van der Waals surface area contributed by atoms with E-state index in [2.05, 4.69) is 20.1 Å². The van der Waals surface area contributed by atoms with Gasteiger partial charge >= 0.3 is 0 Å². The van der Waals surface area contributed by atoms with Gasteiger partial charge in [-0.3, -0.25) is 4.90 Å². The summed E-state index contributed by atoms with van der Waals surface area (Å²) < 4.78 is 26.3. The molecule has 0 radical (unpaired) electrons. The Labute approximate surface area is 192 Å². The fourth-order valence-corrected chi connectivity index (χ4v) is 5.06. The molecule has 2 aliphatic rings. The average Bonchev–Trinajstić information content (AvgIpc) is 3.05. The Hall–Kier alpha value is -3.26. The van der Waals surface area contributed by atoms with Crippen LogP contribution in [0.4, 0.5) is 4.39 Å². The Morgan fingerprint density at radius 1 is 1.09 bits per heavy atom. The molecule has 0 amide bonds. The first-order valence-electron chi connectivity index (χ1n) is 11.1. The molecular formula is C25H27FN4O3. The van der Waals surface area contributed by atoms with Gasteiger partial charge in [0.15, 0.2) is 6.17 Å². The van der Waals surface area contributed by atoms with E-state index in [1.807, 2.05) is 26.1 Å². The molecule has 4 atom stereocenters. The van der Waals surface area contributed by atoms with E-state index in [1.165, 1.54) is 0 Å². The lowest BCUT2D eigenvalue weighted by Gasteiger charge is -2.45. The number of piperidine rings is 1. The molecule has 1 aromatic carbocycles. The molecule has 1 N–H and O–H groups in total. The maximum Gasteiger partial charge on any atom is 0.233 e. The molecule has 33 heavy (non-hydrogen) atoms. The van der Waals surface area contributed by atoms with Crippen molar-refractivity contribution in [1.29, 1.82) is 0 Å². The van der Waals surface area contributed by atoms with E-state index in [9.17, 15) is 5.11 Å². The van der Waals surface area contributed by atoms with Crippen LogP contribution in [0, 0.1) is 0 Å². The molecular weight excluding hydrogens is 423 g/mol. The molecule has 8 heteroatoms. The number of pyridine rings is 1. The maximum atomic E-state index is 15.2. The molecule has 3 aromatic rings. The lowest BCUT2D eigenvalue weighted by Crippen LogP contribution is -2.60. The molecule has 5 rings (SSSR count). The highest BCUT2D eigenvalue weighted by molar-refractivity contribution is 5.74. The predicted molar refractivity (Wildman–Crippen MR) is 122 cm³/mol. The summed E-state index contributed by atoms with van der Waals surface area (Å²) in [6, 6.07) is 12.7. The quantitative estimate of drug-likeness (QED) is 0.622. The summed E-state index contributed by atoms with van der Waals surface area (Å²) in [4.78, 5) is 6.26. The minimum absolute atomic E-state index is 0.0786. The van der Waals surface area contributed by atoms with Crippen LogP contribution >= 0.6 is 0 Å². The van der Waals surface area contributed by atoms with E-state index in [-0.39, 0.29) is 5.75 Å². The number of aromatic nitrogens is 3. The van der Waals surface area contributed by atoms with Crippen LogP contribution in [0.3, 0.4) is 0 Å². The zero-order valence-electron chi connectivity index (χ0n) is 18.9. The summed E-state index contributed by atoms with van der Waals surface area (Å²) >= 11 is 0. The molecule has 2 saturated heterocycles. The summed E-state index contributed by atoms with van der Waals surface area (Å²) in [6.07, 6.45) is 2.48. The molecule has 172 valence electrons. The van der Waals surface area contributed by atoms with Gasteiger partial charge in [-0.1, -0.05) is 6.07 Å². The highest BCUT2D eigenvalue weighted by atomic mass is 19.1. The van der Waals surface area contributed by atoms with Gasteiger partial charge in [0.2, 0.25) is 11.8 Å². The number of ether oxygens (including phenoxy) is 2. The first-order chi connectivity index (χ1) is 15.9. The first-order valence-corrected chi connectivity index (χ1v) is 11.1. The van der Waals surface area contributed by atoms with Crippen molar-refractivity contribution in [2.75, 3.05) is 14.2 Å². The lowest BCUT2D eigenvalue weighted by molar-refractivity contribution is -0.0596. The SMILES string of the molecule is COc1cc(-c2ccc(-c3ccc(O[C@H]4C[C@@H]5CC[C@](C)([C@H]4F)N5C)nn3)c(O)c2)ccn1. The van der Waals surface area contributed by atoms with Gasteiger partial charge in [-0.2, -0.15) is 0 Å². The van der Waals surface area contributed by atoms with Gasteiger partial charge in [0, 0.05) is 36.4 Å². The molecule has 7 nitrogen and oxygen atoms in total. The van der Waals surface area contributed by atoms with Crippen LogP contribution in [0.2, 0.25) is 0 Å². The van der Waals surface area contributed by atoms with Crippen molar-refractivity contribution in [3.05, 3.63) is 48.7 Å². The van der Waals surface area contributed by atoms with Gasteiger partial charge in [-0.15, -0.1) is 10.2 Å². The van der Waals surface area contributed by atoms with Crippen LogP contribution in [0.5, 0.6) is 17.5 Å². The number of phenolic OH excluding ortho intramolecular Hbond substituents is 1. The Morgan fingerprint density at radius 3 is 2.64 bits per heavy atom. The van der Waals surface area contributed by atoms with Gasteiger partial charge in [0.1, 0.15) is 11.9 Å². The van der Waals surface area contributed by atoms with Crippen molar-refractivity contribution >= 4 is 0 Å². The fraction of sp³-hybridized carbons (Fsp3) is 0.400. The van der Waals surface area contributed by atoms with E-state index in [0.29, 0.717) is 35.5 Å². The number of nitrogens with zero attached hydrogens (tertiary/aromatic N) is 4. The number of alkyl halides is 1. The highest BCUT2D eigenvalue weighted by Gasteiger charge is 2.55. The maximum absolute atomic E-state index is 15.2. The second-order valence-electron chi connectivity index (χ2n) is 9.03. The van der Waals surface area contributed by atoms with Gasteiger partial charge in [0.25, 0.3) is 0 Å². The standard InChI is InChI=1S/C25H27FN4O3/c1-25-10-8-17(30(25)2)14-21(24(25)26)33-22-7-6-19(28-29-22)18-5-4-15(12-20(18)31)16-9-11-27-23(13-16)32-3/h4-7,9,11-13,17,21,24,31H,8,10,14H2,1-3H3/t17-,21-,24-,25+/m0/s1. The van der Waals surface area contributed by atoms with Crippen molar-refractivity contribution in [3.63, 3.8) is 0 Å². The van der Waals surface area contributed by atoms with Crippen LogP contribution in [-0.4, -0.2) is 63.2 Å². The topological polar surface area (TPSA) is 80.6 Å². The fourth-order valence-electron chi connectivity index (χ4n) is 5.06. The zero-order valence-corrected chi connectivity index (χ0v) is 18.9. The van der Waals surface area contributed by atoms with E-state index >= 15 is 4.39 Å². The van der Waals surface area contributed by atoms with E-state index in [4.69, 9.17) is 9.47 Å². The summed E-state index contributed by atoms with van der Waals surface area (Å²) in [5, 5.41) is 19.0. The molecule has 2 bridgehead atoms. The number of fused-ring (bicyclic) bond motifs is 2. The highest BCUT2D eigenvalue weighted by Crippen LogP contribution is 2.45. The molecule has 4 heterocycles. The van der Waals surface area contributed by atoms with Crippen molar-refractivity contribution in [3.8, 4) is 39.9 Å². The van der Waals surface area contributed by atoms with Crippen molar-refractivity contribution in [2.24, 2.45) is 0 Å². The summed E-state index contributed by atoms with van der Waals surface area (Å²) in [5.74, 6) is 0.869. The monoisotopic (exact) mass is 450 g/mol. The van der Waals surface area contributed by atoms with E-state index in [0.717, 1.165) is 24.0 Å². The molecule has 2 aromatic heterocycles. The summed E-state index contributed by atoms with van der Waals surface area (Å²) in [7, 11) is 3.56. The zero-order chi connectivity index (χ0) is 23.2. The van der Waals surface area contributed by atoms with E-state index < -0.39 is 17.8 Å². The number of halogens is 1. The molecule has 0 saturated carbocycles. The van der Waals surface area contributed by atoms with Crippen LogP contribution in [0.1, 0.15) is 26.2 Å². The van der Waals surface area contributed by atoms with Crippen LogP contribution in [0.15, 0.2) is 48.7 Å². The lowest BCUT2D eigenvalue weighted by atomic mass is 9.87. The predicted octanol–water partition coefficient (Wildman–Crippen LogP) is 4.26. The van der Waals surface area contributed by atoms with Gasteiger partial charge < -0.3 is 14.6 Å². The van der Waals surface area contributed by atoms with Crippen LogP contribution in [0.25, 0.3) is 22.4 Å². The van der Waals surface area contributed by atoms with Gasteiger partial charge in [0.05, 0.1) is 18.3 Å². The first kappa shape index (κ1) is 21.6. The minimum atomic E-state index is -1.09. The van der Waals surface area contributed by atoms with Crippen LogP contribution < -0.4 is 9.47 Å². The molecule has 0 unspecified atom stereocenters. The third-order valence-electron chi connectivity index (χ3n) is 7.23. The molecule has 0 aliphatic carbocycles. The average molecular weight is 451 g/mol. The minimum Gasteiger partial charge on any atom is -0.507 e. The number of aromatic hydroxyl groups is 1. The number of rotatable bonds is 5. The van der Waals surface area contributed by atoms with Crippen LogP contribution in [-0.2, 0) is 0 Å². The number of methoxy groups -OCH3 is 1.